The second-order valence-corrected chi connectivity index (χ2v) is 7.59. The zero-order chi connectivity index (χ0) is 22.6. The van der Waals surface area contributed by atoms with Gasteiger partial charge in [0.25, 0.3) is 0 Å². The van der Waals surface area contributed by atoms with Gasteiger partial charge in [-0.2, -0.15) is 0 Å². The molecule has 1 N–H and O–H groups in total. The van der Waals surface area contributed by atoms with E-state index in [1.807, 2.05) is 54.6 Å². The highest BCUT2D eigenvalue weighted by molar-refractivity contribution is 5.95. The van der Waals surface area contributed by atoms with E-state index in [0.717, 1.165) is 11.1 Å². The van der Waals surface area contributed by atoms with Crippen LogP contribution >= 0.6 is 0 Å². The molecule has 0 aliphatic carbocycles. The van der Waals surface area contributed by atoms with Gasteiger partial charge in [-0.25, -0.2) is 4.68 Å². The molecule has 5 rings (SSSR count). The second-order valence-electron chi connectivity index (χ2n) is 7.59. The Morgan fingerprint density at radius 1 is 0.970 bits per heavy atom. The quantitative estimate of drug-likeness (QED) is 0.472. The Labute approximate surface area is 189 Å². The van der Waals surface area contributed by atoms with Gasteiger partial charge in [0.1, 0.15) is 18.6 Å². The maximum absolute atomic E-state index is 13.2. The molecule has 4 aromatic rings. The first kappa shape index (κ1) is 20.5. The first-order chi connectivity index (χ1) is 16.2. The fraction of sp³-hybridized carbons (Fsp3) is 0.167. The first-order valence-electron chi connectivity index (χ1n) is 10.5. The molecule has 0 bridgehead atoms. The average Bonchev–Trinajstić information content (AvgIpc) is 3.46. The third kappa shape index (κ3) is 4.62. The average molecular weight is 443 g/mol. The Morgan fingerprint density at radius 3 is 2.64 bits per heavy atom. The van der Waals surface area contributed by atoms with E-state index in [2.05, 4.69) is 15.6 Å². The molecule has 2 heterocycles. The molecule has 1 aliphatic heterocycles. The summed E-state index contributed by atoms with van der Waals surface area (Å²) in [5.74, 6) is 0.647. The van der Waals surface area contributed by atoms with Crippen molar-refractivity contribution in [1.82, 2.24) is 19.9 Å². The van der Waals surface area contributed by atoms with Gasteiger partial charge in [-0.15, -0.1) is 5.10 Å². The van der Waals surface area contributed by atoms with Gasteiger partial charge in [-0.1, -0.05) is 47.7 Å². The summed E-state index contributed by atoms with van der Waals surface area (Å²) in [7, 11) is 0. The zero-order valence-electron chi connectivity index (χ0n) is 17.7. The van der Waals surface area contributed by atoms with Crippen LogP contribution in [0.25, 0.3) is 11.0 Å². The summed E-state index contributed by atoms with van der Waals surface area (Å²) in [5, 5.41) is 11.0. The van der Waals surface area contributed by atoms with Crippen molar-refractivity contribution >= 4 is 28.5 Å². The van der Waals surface area contributed by atoms with Crippen LogP contribution in [0.1, 0.15) is 5.56 Å². The normalized spacial score (nSPS) is 12.0. The molecule has 1 aliphatic rings. The summed E-state index contributed by atoms with van der Waals surface area (Å²) in [6, 6.07) is 22.1. The third-order valence-corrected chi connectivity index (χ3v) is 5.27. The van der Waals surface area contributed by atoms with E-state index in [9.17, 15) is 9.59 Å². The lowest BCUT2D eigenvalue weighted by Gasteiger charge is -2.22. The number of benzene rings is 3. The number of para-hydroxylation sites is 1. The summed E-state index contributed by atoms with van der Waals surface area (Å²) in [6.45, 7) is 0.309. The number of rotatable bonds is 7. The van der Waals surface area contributed by atoms with E-state index in [1.165, 1.54) is 4.90 Å². The smallest absolute Gasteiger partial charge is 0.245 e. The van der Waals surface area contributed by atoms with E-state index in [-0.39, 0.29) is 31.7 Å². The molecule has 3 aromatic carbocycles. The van der Waals surface area contributed by atoms with Gasteiger partial charge in [0.15, 0.2) is 11.5 Å². The lowest BCUT2D eigenvalue weighted by atomic mass is 10.2. The zero-order valence-corrected chi connectivity index (χ0v) is 17.7. The van der Waals surface area contributed by atoms with Crippen LogP contribution in [-0.2, 0) is 22.7 Å². The van der Waals surface area contributed by atoms with Crippen molar-refractivity contribution in [2.24, 2.45) is 0 Å². The number of amides is 2. The van der Waals surface area contributed by atoms with Crippen LogP contribution < -0.4 is 14.8 Å². The van der Waals surface area contributed by atoms with Gasteiger partial charge in [0.2, 0.25) is 18.6 Å². The summed E-state index contributed by atoms with van der Waals surface area (Å²) in [6.07, 6.45) is 0. The molecule has 0 radical (unpaired) electrons. The molecule has 0 saturated heterocycles. The lowest BCUT2D eigenvalue weighted by molar-refractivity contribution is -0.136. The highest BCUT2D eigenvalue weighted by Crippen LogP contribution is 2.34. The number of carbonyl (C=O) groups is 2. The van der Waals surface area contributed by atoms with Crippen LogP contribution in [-0.4, -0.2) is 45.0 Å². The van der Waals surface area contributed by atoms with Crippen molar-refractivity contribution in [3.05, 3.63) is 78.4 Å². The molecule has 0 unspecified atom stereocenters. The highest BCUT2D eigenvalue weighted by Gasteiger charge is 2.21. The molecular weight excluding hydrogens is 422 g/mol. The molecule has 0 fully saturated rings. The molecule has 0 spiro atoms. The van der Waals surface area contributed by atoms with Crippen LogP contribution in [0.3, 0.4) is 0 Å². The van der Waals surface area contributed by atoms with Crippen molar-refractivity contribution in [2.75, 3.05) is 18.7 Å². The predicted molar refractivity (Wildman–Crippen MR) is 121 cm³/mol. The molecule has 1 aromatic heterocycles. The molecule has 9 nitrogen and oxygen atoms in total. The summed E-state index contributed by atoms with van der Waals surface area (Å²) >= 11 is 0. The Morgan fingerprint density at radius 2 is 1.76 bits per heavy atom. The number of hydrogen-bond acceptors (Lipinski definition) is 6. The Balaban J connectivity index is 1.32. The monoisotopic (exact) mass is 443 g/mol. The molecule has 33 heavy (non-hydrogen) atoms. The van der Waals surface area contributed by atoms with Gasteiger partial charge in [0.05, 0.1) is 5.52 Å². The minimum atomic E-state index is -0.318. The minimum absolute atomic E-state index is 0.0232. The van der Waals surface area contributed by atoms with Crippen LogP contribution in [0.4, 0.5) is 5.69 Å². The number of ether oxygens (including phenoxy) is 2. The number of carbonyl (C=O) groups excluding carboxylic acids is 2. The van der Waals surface area contributed by atoms with Gasteiger partial charge in [0, 0.05) is 18.3 Å². The standard InChI is InChI=1S/C24H21N5O4/c30-23(25-18-10-11-21-22(12-18)33-16-32-21)14-28(13-17-6-2-1-3-7-17)24(31)15-29-20-9-5-4-8-19(20)26-27-29/h1-12H,13-16H2,(H,25,30). The molecule has 2 amide bonds. The van der Waals surface area contributed by atoms with Gasteiger partial charge >= 0.3 is 0 Å². The van der Waals surface area contributed by atoms with Crippen LogP contribution in [0.2, 0.25) is 0 Å². The van der Waals surface area contributed by atoms with E-state index >= 15 is 0 Å². The highest BCUT2D eigenvalue weighted by atomic mass is 16.7. The van der Waals surface area contributed by atoms with Crippen molar-refractivity contribution < 1.29 is 19.1 Å². The Hall–Kier alpha value is -4.40. The Kier molecular flexibility index (Phi) is 5.59. The molecule has 0 saturated carbocycles. The first-order valence-corrected chi connectivity index (χ1v) is 10.5. The van der Waals surface area contributed by atoms with E-state index < -0.39 is 0 Å². The summed E-state index contributed by atoms with van der Waals surface area (Å²) < 4.78 is 12.2. The van der Waals surface area contributed by atoms with Gasteiger partial charge in [-0.05, 0) is 29.8 Å². The maximum atomic E-state index is 13.2. The number of aromatic nitrogens is 3. The number of anilines is 1. The number of hydrogen-bond donors (Lipinski definition) is 1. The fourth-order valence-electron chi connectivity index (χ4n) is 3.65. The second kappa shape index (κ2) is 8.99. The summed E-state index contributed by atoms with van der Waals surface area (Å²) in [5.41, 5.74) is 2.96. The van der Waals surface area contributed by atoms with Crippen molar-refractivity contribution in [1.29, 1.82) is 0 Å². The largest absolute Gasteiger partial charge is 0.454 e. The van der Waals surface area contributed by atoms with E-state index in [1.54, 1.807) is 22.9 Å². The van der Waals surface area contributed by atoms with Crippen molar-refractivity contribution in [2.45, 2.75) is 13.1 Å². The third-order valence-electron chi connectivity index (χ3n) is 5.27. The number of nitrogens with one attached hydrogen (secondary N) is 1. The van der Waals surface area contributed by atoms with Gasteiger partial charge < -0.3 is 19.7 Å². The number of fused-ring (bicyclic) bond motifs is 2. The SMILES string of the molecule is O=C(CN(Cc1ccccc1)C(=O)Cn1nnc2ccccc21)Nc1ccc2c(c1)OCO2. The number of nitrogens with zero attached hydrogens (tertiary/aromatic N) is 4. The van der Waals surface area contributed by atoms with Crippen molar-refractivity contribution in [3.63, 3.8) is 0 Å². The van der Waals surface area contributed by atoms with Gasteiger partial charge in [-0.3, -0.25) is 9.59 Å². The predicted octanol–water partition coefficient (Wildman–Crippen LogP) is 2.83. The van der Waals surface area contributed by atoms with Crippen LogP contribution in [0.15, 0.2) is 72.8 Å². The Bertz CT molecular complexity index is 1300. The minimum Gasteiger partial charge on any atom is -0.454 e. The van der Waals surface area contributed by atoms with Crippen molar-refractivity contribution in [3.8, 4) is 11.5 Å². The van der Waals surface area contributed by atoms with E-state index in [0.29, 0.717) is 29.2 Å². The topological polar surface area (TPSA) is 98.6 Å². The maximum Gasteiger partial charge on any atom is 0.245 e. The summed E-state index contributed by atoms with van der Waals surface area (Å²) in [4.78, 5) is 27.5. The van der Waals surface area contributed by atoms with Crippen LogP contribution in [0.5, 0.6) is 11.5 Å². The van der Waals surface area contributed by atoms with E-state index in [4.69, 9.17) is 9.47 Å². The molecule has 9 heteroatoms. The lowest BCUT2D eigenvalue weighted by Crippen LogP contribution is -2.39. The molecule has 0 atom stereocenters. The molecular formula is C24H21N5O4. The van der Waals surface area contributed by atoms with Crippen LogP contribution in [0, 0.1) is 0 Å². The fourth-order valence-corrected chi connectivity index (χ4v) is 3.65. The molecule has 166 valence electrons.